The summed E-state index contributed by atoms with van der Waals surface area (Å²) in [6.07, 6.45) is -1.49. The van der Waals surface area contributed by atoms with Gasteiger partial charge in [-0.25, -0.2) is 14.4 Å². The van der Waals surface area contributed by atoms with Gasteiger partial charge in [0.05, 0.1) is 0 Å². The zero-order valence-corrected chi connectivity index (χ0v) is 9.38. The highest BCUT2D eigenvalue weighted by atomic mass is 19.1. The van der Waals surface area contributed by atoms with Crippen molar-refractivity contribution in [3.05, 3.63) is 24.7 Å². The first-order chi connectivity index (χ1) is 9.13. The summed E-state index contributed by atoms with van der Waals surface area (Å²) in [5, 5.41) is 28.9. The quantitative estimate of drug-likeness (QED) is 0.644. The maximum atomic E-state index is 12.5. The van der Waals surface area contributed by atoms with E-state index in [9.17, 15) is 19.7 Å². The number of fused-ring (bicyclic) bond motifs is 1. The second kappa shape index (κ2) is 4.14. The third-order valence-electron chi connectivity index (χ3n) is 2.89. The Morgan fingerprint density at radius 2 is 2.11 bits per heavy atom. The Bertz CT molecular complexity index is 658. The molecule has 1 saturated heterocycles. The third-order valence-corrected chi connectivity index (χ3v) is 2.89. The van der Waals surface area contributed by atoms with Crippen LogP contribution < -0.4 is 0 Å². The summed E-state index contributed by atoms with van der Waals surface area (Å²) in [5.41, 5.74) is 0.314. The van der Waals surface area contributed by atoms with Gasteiger partial charge in [0.25, 0.3) is 0 Å². The van der Waals surface area contributed by atoms with Crippen LogP contribution in [0, 0.1) is 0 Å². The highest BCUT2D eigenvalue weighted by molar-refractivity contribution is 5.75. The Balaban J connectivity index is 2.09. The molecule has 19 heavy (non-hydrogen) atoms. The van der Waals surface area contributed by atoms with E-state index in [1.165, 1.54) is 10.9 Å². The molecule has 0 aliphatic carbocycles. The molecule has 3 heterocycles. The first-order valence-corrected chi connectivity index (χ1v) is 5.33. The van der Waals surface area contributed by atoms with Crippen molar-refractivity contribution in [2.45, 2.75) is 18.4 Å². The largest absolute Gasteiger partial charge is 0.492 e. The number of aliphatic hydroxyl groups excluding tert-OH is 2. The van der Waals surface area contributed by atoms with E-state index in [1.807, 2.05) is 0 Å². The number of hydrogen-bond donors (Lipinski definition) is 3. The van der Waals surface area contributed by atoms with Crippen LogP contribution in [0.2, 0.25) is 0 Å². The van der Waals surface area contributed by atoms with E-state index in [0.29, 0.717) is 0 Å². The fourth-order valence-corrected chi connectivity index (χ4v) is 1.94. The number of aromatic hydroxyl groups is 1. The van der Waals surface area contributed by atoms with Gasteiger partial charge in [0.1, 0.15) is 31.2 Å². The second-order valence-corrected chi connectivity index (χ2v) is 3.98. The van der Waals surface area contributed by atoms with Crippen molar-refractivity contribution in [2.24, 2.45) is 0 Å². The normalized spacial score (nSPS) is 29.0. The lowest BCUT2D eigenvalue weighted by atomic mass is 10.2. The van der Waals surface area contributed by atoms with Gasteiger partial charge in [-0.05, 0) is 0 Å². The van der Waals surface area contributed by atoms with Crippen molar-refractivity contribution in [3.8, 4) is 5.88 Å². The topological polar surface area (TPSA) is 114 Å². The van der Waals surface area contributed by atoms with Crippen molar-refractivity contribution in [1.29, 1.82) is 0 Å². The summed E-state index contributed by atoms with van der Waals surface area (Å²) in [4.78, 5) is 11.3. The van der Waals surface area contributed by atoms with Gasteiger partial charge < -0.3 is 20.1 Å². The fourth-order valence-electron chi connectivity index (χ4n) is 1.94. The summed E-state index contributed by atoms with van der Waals surface area (Å²) in [6, 6.07) is 0. The number of nitrogens with zero attached hydrogens (tertiary/aromatic N) is 4. The number of aliphatic hydroxyl groups is 2. The zero-order chi connectivity index (χ0) is 13.6. The molecule has 0 unspecified atom stereocenters. The van der Waals surface area contributed by atoms with E-state index in [4.69, 9.17) is 4.74 Å². The van der Waals surface area contributed by atoms with E-state index in [2.05, 4.69) is 15.0 Å². The molecule has 9 heteroatoms. The van der Waals surface area contributed by atoms with Gasteiger partial charge >= 0.3 is 0 Å². The van der Waals surface area contributed by atoms with Crippen LogP contribution in [0.15, 0.2) is 24.7 Å². The second-order valence-electron chi connectivity index (χ2n) is 3.98. The third kappa shape index (κ3) is 1.63. The molecule has 3 atom stereocenters. The van der Waals surface area contributed by atoms with Gasteiger partial charge in [-0.1, -0.05) is 0 Å². The first-order valence-electron chi connectivity index (χ1n) is 5.33. The minimum Gasteiger partial charge on any atom is -0.492 e. The first kappa shape index (κ1) is 11.8. The molecule has 2 aromatic heterocycles. The van der Waals surface area contributed by atoms with Crippen LogP contribution in [0.1, 0.15) is 6.23 Å². The Morgan fingerprint density at radius 3 is 2.79 bits per heavy atom. The van der Waals surface area contributed by atoms with Crippen LogP contribution in [0.4, 0.5) is 4.39 Å². The Morgan fingerprint density at radius 1 is 1.32 bits per heavy atom. The van der Waals surface area contributed by atoms with Crippen LogP contribution in [0.25, 0.3) is 11.2 Å². The molecule has 0 radical (unpaired) electrons. The van der Waals surface area contributed by atoms with Crippen LogP contribution in [-0.2, 0) is 4.74 Å². The van der Waals surface area contributed by atoms with E-state index in [0.717, 1.165) is 6.33 Å². The average molecular weight is 268 g/mol. The predicted octanol–water partition coefficient (Wildman–Crippen LogP) is -0.407. The van der Waals surface area contributed by atoms with Crippen molar-refractivity contribution in [2.75, 3.05) is 0 Å². The van der Waals surface area contributed by atoms with Crippen molar-refractivity contribution < 1.29 is 24.4 Å². The summed E-state index contributed by atoms with van der Waals surface area (Å²) in [6.45, 7) is 0. The smallest absolute Gasteiger partial charge is 0.242 e. The number of halogens is 1. The van der Waals surface area contributed by atoms with Gasteiger partial charge in [-0.2, -0.15) is 4.98 Å². The Kier molecular flexibility index (Phi) is 2.57. The van der Waals surface area contributed by atoms with E-state index < -0.39 is 18.4 Å². The molecule has 0 amide bonds. The van der Waals surface area contributed by atoms with Gasteiger partial charge in [0.2, 0.25) is 12.1 Å². The summed E-state index contributed by atoms with van der Waals surface area (Å²) >= 11 is 0. The summed E-state index contributed by atoms with van der Waals surface area (Å²) in [7, 11) is 0. The van der Waals surface area contributed by atoms with Crippen LogP contribution >= 0.6 is 0 Å². The summed E-state index contributed by atoms with van der Waals surface area (Å²) < 4.78 is 18.8. The maximum Gasteiger partial charge on any atom is 0.242 e. The maximum absolute atomic E-state index is 12.5. The molecule has 2 aromatic rings. The molecule has 3 rings (SSSR count). The molecular weight excluding hydrogens is 259 g/mol. The number of imidazole rings is 1. The average Bonchev–Trinajstić information content (AvgIpc) is 2.94. The minimum atomic E-state index is -1.47. The molecule has 0 bridgehead atoms. The predicted molar refractivity (Wildman–Crippen MR) is 58.3 cm³/mol. The molecule has 0 spiro atoms. The molecule has 100 valence electrons. The Labute approximate surface area is 105 Å². The van der Waals surface area contributed by atoms with Crippen molar-refractivity contribution in [1.82, 2.24) is 19.5 Å². The lowest BCUT2D eigenvalue weighted by molar-refractivity contribution is -0.0120. The van der Waals surface area contributed by atoms with Gasteiger partial charge in [0, 0.05) is 0 Å². The number of rotatable bonds is 1. The van der Waals surface area contributed by atoms with Gasteiger partial charge in [-0.15, -0.1) is 0 Å². The monoisotopic (exact) mass is 268 g/mol. The molecule has 8 nitrogen and oxygen atoms in total. The van der Waals surface area contributed by atoms with Gasteiger partial charge in [-0.3, -0.25) is 4.57 Å². The molecule has 1 aliphatic rings. The van der Waals surface area contributed by atoms with E-state index in [-0.39, 0.29) is 29.1 Å². The lowest BCUT2D eigenvalue weighted by Gasteiger charge is -2.15. The molecule has 0 saturated carbocycles. The molecular formula is C10H9FN4O4. The number of ether oxygens (including phenoxy) is 1. The SMILES string of the molecule is Oc1ncnc2c1ncn2[C@@H]1OC(=CF)[C@@H](O)[C@H]1O. The summed E-state index contributed by atoms with van der Waals surface area (Å²) in [5.74, 6) is -0.698. The van der Waals surface area contributed by atoms with Crippen molar-refractivity contribution in [3.63, 3.8) is 0 Å². The standard InChI is InChI=1S/C10H9FN4O4/c11-1-4-6(16)7(17)10(19-4)15-3-14-5-8(15)12-2-13-9(5)18/h1-3,6-7,10,16-17H,(H,12,13,18)/t6-,7-,10-/m1/s1. The fraction of sp³-hybridized carbons (Fsp3) is 0.300. The lowest BCUT2D eigenvalue weighted by Crippen LogP contribution is -2.27. The van der Waals surface area contributed by atoms with E-state index >= 15 is 0 Å². The highest BCUT2D eigenvalue weighted by Crippen LogP contribution is 2.34. The van der Waals surface area contributed by atoms with Crippen LogP contribution in [0.5, 0.6) is 5.88 Å². The van der Waals surface area contributed by atoms with Gasteiger partial charge in [0.15, 0.2) is 16.9 Å². The van der Waals surface area contributed by atoms with Crippen LogP contribution in [-0.4, -0.2) is 47.0 Å². The van der Waals surface area contributed by atoms with Crippen molar-refractivity contribution >= 4 is 11.2 Å². The molecule has 0 aromatic carbocycles. The molecule has 3 N–H and O–H groups in total. The van der Waals surface area contributed by atoms with E-state index in [1.54, 1.807) is 0 Å². The highest BCUT2D eigenvalue weighted by Gasteiger charge is 2.41. The number of hydrogen-bond acceptors (Lipinski definition) is 7. The molecule has 1 fully saturated rings. The zero-order valence-electron chi connectivity index (χ0n) is 9.38. The minimum absolute atomic E-state index is 0.0828. The van der Waals surface area contributed by atoms with Crippen LogP contribution in [0.3, 0.4) is 0 Å². The number of aromatic nitrogens is 4. The molecule has 1 aliphatic heterocycles. The Hall–Kier alpha value is -2.26.